The van der Waals surface area contributed by atoms with E-state index in [0.717, 1.165) is 63.2 Å². The van der Waals surface area contributed by atoms with Gasteiger partial charge in [0.15, 0.2) is 15.0 Å². The van der Waals surface area contributed by atoms with Gasteiger partial charge in [-0.15, -0.1) is 12.4 Å². The number of hydrogen-bond donors (Lipinski definition) is 0. The molecule has 1 aromatic carbocycles. The Bertz CT molecular complexity index is 983. The van der Waals surface area contributed by atoms with Crippen molar-refractivity contribution in [3.63, 3.8) is 0 Å². The zero-order valence-electron chi connectivity index (χ0n) is 17.1. The predicted molar refractivity (Wildman–Crippen MR) is 122 cm³/mol. The zero-order valence-corrected chi connectivity index (χ0v) is 19.5. The first-order chi connectivity index (χ1) is 13.9. The number of fused-ring (bicyclic) bond motifs is 1. The largest absolute Gasteiger partial charge is 0.379 e. The van der Waals surface area contributed by atoms with Crippen LogP contribution in [0.1, 0.15) is 25.7 Å². The number of halogens is 1. The fraction of sp³-hybridized carbons (Fsp3) is 0.600. The number of benzene rings is 1. The van der Waals surface area contributed by atoms with E-state index in [1.54, 1.807) is 17.0 Å². The summed E-state index contributed by atoms with van der Waals surface area (Å²) in [5, 5.41) is 0.598. The van der Waals surface area contributed by atoms with Crippen LogP contribution in [0.4, 0.5) is 5.13 Å². The molecule has 1 aliphatic heterocycles. The van der Waals surface area contributed by atoms with E-state index in [2.05, 4.69) is 9.88 Å². The number of carbonyl (C=O) groups excluding carboxylic acids is 1. The number of hydrogen-bond acceptors (Lipinski definition) is 7. The molecule has 2 aromatic rings. The molecule has 2 fully saturated rings. The van der Waals surface area contributed by atoms with E-state index in [9.17, 15) is 13.2 Å². The van der Waals surface area contributed by atoms with Gasteiger partial charge in [0.1, 0.15) is 5.52 Å². The Morgan fingerprint density at radius 2 is 1.97 bits per heavy atom. The number of anilines is 1. The van der Waals surface area contributed by atoms with Crippen molar-refractivity contribution in [2.75, 3.05) is 50.5 Å². The summed E-state index contributed by atoms with van der Waals surface area (Å²) >= 11 is 1.40. The van der Waals surface area contributed by atoms with E-state index in [-0.39, 0.29) is 29.1 Å². The van der Waals surface area contributed by atoms with E-state index in [1.807, 2.05) is 6.07 Å². The topological polar surface area (TPSA) is 79.8 Å². The fourth-order valence-electron chi connectivity index (χ4n) is 4.09. The maximum Gasteiger partial charge on any atom is 0.231 e. The molecule has 1 aromatic heterocycles. The van der Waals surface area contributed by atoms with Gasteiger partial charge in [0.2, 0.25) is 5.91 Å². The van der Waals surface area contributed by atoms with Crippen molar-refractivity contribution < 1.29 is 17.9 Å². The number of thiazole rings is 1. The Morgan fingerprint density at radius 3 is 2.63 bits per heavy atom. The van der Waals surface area contributed by atoms with Gasteiger partial charge in [-0.2, -0.15) is 0 Å². The molecule has 0 spiro atoms. The van der Waals surface area contributed by atoms with Gasteiger partial charge in [-0.25, -0.2) is 13.4 Å². The molecule has 2 heterocycles. The van der Waals surface area contributed by atoms with Crippen LogP contribution in [-0.4, -0.2) is 69.9 Å². The van der Waals surface area contributed by atoms with Crippen molar-refractivity contribution in [2.45, 2.75) is 30.6 Å². The lowest BCUT2D eigenvalue weighted by molar-refractivity contribution is -0.122. The summed E-state index contributed by atoms with van der Waals surface area (Å²) in [7, 11) is -3.39. The third kappa shape index (κ3) is 5.13. The summed E-state index contributed by atoms with van der Waals surface area (Å²) < 4.78 is 30.5. The highest BCUT2D eigenvalue weighted by Gasteiger charge is 2.30. The average molecular weight is 474 g/mol. The molecule has 0 unspecified atom stereocenters. The van der Waals surface area contributed by atoms with Gasteiger partial charge in [-0.05, 0) is 25.0 Å². The number of sulfone groups is 1. The SMILES string of the molecule is CS(=O)(=O)c1cccc2sc(N(CCN3CCOCC3)C(=O)C3CCCC3)nc12.Cl. The van der Waals surface area contributed by atoms with Gasteiger partial charge < -0.3 is 4.74 Å². The quantitative estimate of drug-likeness (QED) is 0.641. The molecule has 10 heteroatoms. The van der Waals surface area contributed by atoms with Crippen molar-refractivity contribution in [1.82, 2.24) is 9.88 Å². The molecular weight excluding hydrogens is 446 g/mol. The van der Waals surface area contributed by atoms with Crippen molar-refractivity contribution in [2.24, 2.45) is 5.92 Å². The lowest BCUT2D eigenvalue weighted by atomic mass is 10.1. The van der Waals surface area contributed by atoms with Crippen LogP contribution in [0.25, 0.3) is 10.2 Å². The molecule has 1 aliphatic carbocycles. The van der Waals surface area contributed by atoms with Crippen LogP contribution in [0.5, 0.6) is 0 Å². The molecule has 0 N–H and O–H groups in total. The number of ether oxygens (including phenoxy) is 1. The molecule has 0 bridgehead atoms. The highest BCUT2D eigenvalue weighted by molar-refractivity contribution is 7.91. The van der Waals surface area contributed by atoms with Crippen LogP contribution >= 0.6 is 23.7 Å². The lowest BCUT2D eigenvalue weighted by Crippen LogP contribution is -2.44. The standard InChI is InChI=1S/C20H27N3O4S2.ClH/c1-29(25,26)17-8-4-7-16-18(17)21-20(28-16)23(19(24)15-5-2-3-6-15)10-9-22-11-13-27-14-12-22;/h4,7-8,15H,2-3,5-6,9-14H2,1H3;1H. The van der Waals surface area contributed by atoms with Gasteiger partial charge >= 0.3 is 0 Å². The third-order valence-electron chi connectivity index (χ3n) is 5.72. The van der Waals surface area contributed by atoms with Gasteiger partial charge in [-0.1, -0.05) is 30.2 Å². The van der Waals surface area contributed by atoms with E-state index < -0.39 is 9.84 Å². The highest BCUT2D eigenvalue weighted by atomic mass is 35.5. The molecule has 0 radical (unpaired) electrons. The molecule has 7 nitrogen and oxygen atoms in total. The van der Waals surface area contributed by atoms with E-state index in [0.29, 0.717) is 17.2 Å². The number of aromatic nitrogens is 1. The summed E-state index contributed by atoms with van der Waals surface area (Å²) in [6, 6.07) is 5.18. The minimum Gasteiger partial charge on any atom is -0.379 e. The average Bonchev–Trinajstić information content (AvgIpc) is 3.37. The minimum atomic E-state index is -3.39. The van der Waals surface area contributed by atoms with E-state index >= 15 is 0 Å². The third-order valence-corrected chi connectivity index (χ3v) is 7.89. The molecule has 0 atom stereocenters. The van der Waals surface area contributed by atoms with Crippen LogP contribution in [0.2, 0.25) is 0 Å². The maximum atomic E-state index is 13.3. The second-order valence-corrected chi connectivity index (χ2v) is 10.8. The molecule has 166 valence electrons. The van der Waals surface area contributed by atoms with Crippen molar-refractivity contribution in [1.29, 1.82) is 0 Å². The van der Waals surface area contributed by atoms with Gasteiger partial charge in [0.05, 0.1) is 22.8 Å². The van der Waals surface area contributed by atoms with Crippen LogP contribution < -0.4 is 4.90 Å². The summed E-state index contributed by atoms with van der Waals surface area (Å²) in [6.45, 7) is 4.48. The van der Waals surface area contributed by atoms with Crippen molar-refractivity contribution >= 4 is 54.8 Å². The normalized spacial score (nSPS) is 18.4. The highest BCUT2D eigenvalue weighted by Crippen LogP contribution is 2.35. The maximum absolute atomic E-state index is 13.3. The summed E-state index contributed by atoms with van der Waals surface area (Å²) in [5.74, 6) is 0.164. The summed E-state index contributed by atoms with van der Waals surface area (Å²) in [6.07, 6.45) is 5.22. The van der Waals surface area contributed by atoms with Gasteiger partial charge in [0, 0.05) is 38.4 Å². The van der Waals surface area contributed by atoms with E-state index in [4.69, 9.17) is 4.74 Å². The first-order valence-corrected chi connectivity index (χ1v) is 12.9. The number of carbonyl (C=O) groups is 1. The second-order valence-electron chi connectivity index (χ2n) is 7.80. The van der Waals surface area contributed by atoms with Crippen molar-refractivity contribution in [3.05, 3.63) is 18.2 Å². The molecule has 1 saturated heterocycles. The second kappa shape index (κ2) is 9.91. The number of morpholine rings is 1. The monoisotopic (exact) mass is 473 g/mol. The Balaban J connectivity index is 0.00000256. The first-order valence-electron chi connectivity index (χ1n) is 10.1. The molecule has 1 amide bonds. The van der Waals surface area contributed by atoms with Crippen LogP contribution in [0.3, 0.4) is 0 Å². The Morgan fingerprint density at radius 1 is 1.27 bits per heavy atom. The van der Waals surface area contributed by atoms with Crippen LogP contribution in [-0.2, 0) is 19.4 Å². The fourth-order valence-corrected chi connectivity index (χ4v) is 6.01. The summed E-state index contributed by atoms with van der Waals surface area (Å²) in [5.41, 5.74) is 0.464. The summed E-state index contributed by atoms with van der Waals surface area (Å²) in [4.78, 5) is 22.3. The van der Waals surface area contributed by atoms with E-state index in [1.165, 1.54) is 17.6 Å². The lowest BCUT2D eigenvalue weighted by Gasteiger charge is -2.30. The first kappa shape index (κ1) is 23.4. The van der Waals surface area contributed by atoms with Gasteiger partial charge in [0.25, 0.3) is 0 Å². The Kier molecular flexibility index (Phi) is 7.73. The van der Waals surface area contributed by atoms with Crippen molar-refractivity contribution in [3.8, 4) is 0 Å². The number of rotatable bonds is 6. The van der Waals surface area contributed by atoms with Crippen LogP contribution in [0.15, 0.2) is 23.1 Å². The molecular formula is C20H28ClN3O4S2. The number of nitrogens with zero attached hydrogens (tertiary/aromatic N) is 3. The molecule has 30 heavy (non-hydrogen) atoms. The molecule has 2 aliphatic rings. The Hall–Kier alpha value is -1.26. The number of amides is 1. The Labute approximate surface area is 187 Å². The molecule has 1 saturated carbocycles. The van der Waals surface area contributed by atoms with Gasteiger partial charge in [-0.3, -0.25) is 14.6 Å². The zero-order chi connectivity index (χ0) is 20.4. The smallest absolute Gasteiger partial charge is 0.231 e. The van der Waals surface area contributed by atoms with Crippen LogP contribution in [0, 0.1) is 5.92 Å². The number of para-hydroxylation sites is 1. The predicted octanol–water partition coefficient (Wildman–Crippen LogP) is 2.98. The molecule has 4 rings (SSSR count). The minimum absolute atomic E-state index is 0.